The van der Waals surface area contributed by atoms with Crippen LogP contribution in [-0.4, -0.2) is 50.5 Å². The number of hydrogen-bond acceptors (Lipinski definition) is 5. The molecule has 3 rings (SSSR count). The van der Waals surface area contributed by atoms with Gasteiger partial charge in [-0.25, -0.2) is 4.98 Å². The van der Waals surface area contributed by atoms with Gasteiger partial charge in [-0.05, 0) is 30.9 Å². The van der Waals surface area contributed by atoms with Crippen molar-refractivity contribution in [3.05, 3.63) is 23.4 Å². The Morgan fingerprint density at radius 3 is 3.00 bits per heavy atom. The van der Waals surface area contributed by atoms with Crippen LogP contribution < -0.4 is 10.6 Å². The number of fused-ring (bicyclic) bond motifs is 1. The van der Waals surface area contributed by atoms with Crippen molar-refractivity contribution in [2.45, 2.75) is 38.3 Å². The number of ether oxygens (including phenoxy) is 2. The highest BCUT2D eigenvalue weighted by Gasteiger charge is 2.31. The molecule has 0 saturated carbocycles. The third kappa shape index (κ3) is 3.42. The van der Waals surface area contributed by atoms with E-state index in [1.807, 2.05) is 0 Å². The van der Waals surface area contributed by atoms with Crippen LogP contribution in [0, 0.1) is 5.92 Å². The Balaban J connectivity index is 1.65. The normalized spacial score (nSPS) is 28.0. The number of pyridine rings is 1. The molecule has 1 saturated heterocycles. The Morgan fingerprint density at radius 2 is 2.18 bits per heavy atom. The predicted molar refractivity (Wildman–Crippen MR) is 87.2 cm³/mol. The molecular weight excluding hydrogens is 278 g/mol. The second-order valence-electron chi connectivity index (χ2n) is 6.56. The fourth-order valence-corrected chi connectivity index (χ4v) is 3.43. The highest BCUT2D eigenvalue weighted by molar-refractivity contribution is 5.44. The first kappa shape index (κ1) is 15.7. The van der Waals surface area contributed by atoms with Crippen LogP contribution in [0.25, 0.3) is 0 Å². The fraction of sp³-hybridized carbons (Fsp3) is 0.706. The Hall–Kier alpha value is -1.17. The number of aromatic nitrogens is 1. The average Bonchev–Trinajstić information content (AvgIpc) is 2.88. The van der Waals surface area contributed by atoms with Gasteiger partial charge >= 0.3 is 0 Å². The summed E-state index contributed by atoms with van der Waals surface area (Å²) in [7, 11) is 1.71. The first-order chi connectivity index (χ1) is 10.7. The number of anilines is 1. The molecule has 122 valence electrons. The lowest BCUT2D eigenvalue weighted by Gasteiger charge is -2.24. The lowest BCUT2D eigenvalue weighted by Crippen LogP contribution is -2.29. The molecule has 22 heavy (non-hydrogen) atoms. The molecular formula is C17H27N3O2. The van der Waals surface area contributed by atoms with E-state index < -0.39 is 0 Å². The molecule has 2 heterocycles. The third-order valence-corrected chi connectivity index (χ3v) is 4.77. The zero-order valence-electron chi connectivity index (χ0n) is 13.6. The van der Waals surface area contributed by atoms with Gasteiger partial charge in [-0.3, -0.25) is 0 Å². The Morgan fingerprint density at radius 1 is 1.32 bits per heavy atom. The smallest absolute Gasteiger partial charge is 0.128 e. The second kappa shape index (κ2) is 6.94. The van der Waals surface area contributed by atoms with Gasteiger partial charge < -0.3 is 20.1 Å². The molecule has 2 N–H and O–H groups in total. The summed E-state index contributed by atoms with van der Waals surface area (Å²) < 4.78 is 11.0. The Kier molecular flexibility index (Phi) is 4.96. The fourth-order valence-electron chi connectivity index (χ4n) is 3.43. The van der Waals surface area contributed by atoms with Crippen LogP contribution in [0.4, 0.5) is 5.82 Å². The van der Waals surface area contributed by atoms with Crippen molar-refractivity contribution < 1.29 is 9.47 Å². The first-order valence-electron chi connectivity index (χ1n) is 8.27. The molecule has 1 aliphatic carbocycles. The molecule has 0 spiro atoms. The van der Waals surface area contributed by atoms with Gasteiger partial charge in [-0.15, -0.1) is 0 Å². The number of hydrogen-bond donors (Lipinski definition) is 1. The topological polar surface area (TPSA) is 60.6 Å². The minimum Gasteiger partial charge on any atom is -0.382 e. The molecule has 0 amide bonds. The van der Waals surface area contributed by atoms with Crippen LogP contribution in [-0.2, 0) is 22.3 Å². The maximum absolute atomic E-state index is 6.04. The minimum atomic E-state index is 0.265. The highest BCUT2D eigenvalue weighted by atomic mass is 16.5. The van der Waals surface area contributed by atoms with Gasteiger partial charge in [0.1, 0.15) is 5.82 Å². The molecule has 3 atom stereocenters. The number of methoxy groups -OCH3 is 1. The van der Waals surface area contributed by atoms with Crippen molar-refractivity contribution in [1.29, 1.82) is 0 Å². The van der Waals surface area contributed by atoms with E-state index in [0.717, 1.165) is 38.2 Å². The summed E-state index contributed by atoms with van der Waals surface area (Å²) >= 11 is 0. The monoisotopic (exact) mass is 305 g/mol. The van der Waals surface area contributed by atoms with Crippen LogP contribution in [0.2, 0.25) is 0 Å². The van der Waals surface area contributed by atoms with Gasteiger partial charge in [0.15, 0.2) is 0 Å². The molecule has 0 aromatic carbocycles. The van der Waals surface area contributed by atoms with Gasteiger partial charge in [0.2, 0.25) is 0 Å². The van der Waals surface area contributed by atoms with Crippen molar-refractivity contribution in [1.82, 2.24) is 4.98 Å². The van der Waals surface area contributed by atoms with Crippen LogP contribution >= 0.6 is 0 Å². The lowest BCUT2D eigenvalue weighted by molar-refractivity contribution is 0.0104. The molecule has 1 aromatic rings. The van der Waals surface area contributed by atoms with E-state index in [4.69, 9.17) is 20.2 Å². The molecule has 2 aliphatic rings. The first-order valence-corrected chi connectivity index (χ1v) is 8.27. The van der Waals surface area contributed by atoms with Crippen LogP contribution in [0.3, 0.4) is 0 Å². The summed E-state index contributed by atoms with van der Waals surface area (Å²) in [6.45, 7) is 5.48. The number of nitrogens with two attached hydrogens (primary N) is 1. The van der Waals surface area contributed by atoms with E-state index in [9.17, 15) is 0 Å². The summed E-state index contributed by atoms with van der Waals surface area (Å²) in [5.41, 5.74) is 8.59. The van der Waals surface area contributed by atoms with E-state index in [-0.39, 0.29) is 6.10 Å². The second-order valence-corrected chi connectivity index (χ2v) is 6.56. The molecule has 0 bridgehead atoms. The number of aryl methyl sites for hydroxylation is 1. The SMILES string of the molecule is COCCO[C@H]1CN(c2ccc3c(n2)CC[C@H](N)C3)C[C@@H]1C. The maximum Gasteiger partial charge on any atom is 0.128 e. The molecule has 0 radical (unpaired) electrons. The van der Waals surface area contributed by atoms with Gasteiger partial charge in [0.25, 0.3) is 0 Å². The summed E-state index contributed by atoms with van der Waals surface area (Å²) in [6.07, 6.45) is 3.27. The summed E-state index contributed by atoms with van der Waals surface area (Å²) in [5.74, 6) is 1.60. The predicted octanol–water partition coefficient (Wildman–Crippen LogP) is 1.39. The van der Waals surface area contributed by atoms with Crippen molar-refractivity contribution in [2.24, 2.45) is 11.7 Å². The molecule has 5 heteroatoms. The molecule has 1 fully saturated rings. The van der Waals surface area contributed by atoms with E-state index in [0.29, 0.717) is 25.2 Å². The molecule has 1 aliphatic heterocycles. The molecule has 1 aromatic heterocycles. The van der Waals surface area contributed by atoms with Crippen molar-refractivity contribution in [2.75, 3.05) is 38.3 Å². The number of rotatable bonds is 5. The third-order valence-electron chi connectivity index (χ3n) is 4.77. The van der Waals surface area contributed by atoms with Gasteiger partial charge in [-0.1, -0.05) is 13.0 Å². The van der Waals surface area contributed by atoms with Gasteiger partial charge in [0.05, 0.1) is 19.3 Å². The van der Waals surface area contributed by atoms with Crippen molar-refractivity contribution in [3.8, 4) is 0 Å². The van der Waals surface area contributed by atoms with E-state index >= 15 is 0 Å². The maximum atomic E-state index is 6.04. The van der Waals surface area contributed by atoms with Gasteiger partial charge in [0, 0.05) is 37.9 Å². The summed E-state index contributed by atoms with van der Waals surface area (Å²) in [6, 6.07) is 4.65. The Bertz CT molecular complexity index is 509. The Labute approximate surface area is 132 Å². The van der Waals surface area contributed by atoms with E-state index in [1.54, 1.807) is 7.11 Å². The van der Waals surface area contributed by atoms with Gasteiger partial charge in [-0.2, -0.15) is 0 Å². The minimum absolute atomic E-state index is 0.265. The number of nitrogens with zero attached hydrogens (tertiary/aromatic N) is 2. The van der Waals surface area contributed by atoms with Crippen molar-refractivity contribution >= 4 is 5.82 Å². The molecule has 0 unspecified atom stereocenters. The van der Waals surface area contributed by atoms with Crippen LogP contribution in [0.5, 0.6) is 0 Å². The zero-order chi connectivity index (χ0) is 15.5. The largest absolute Gasteiger partial charge is 0.382 e. The van der Waals surface area contributed by atoms with E-state index in [1.165, 1.54) is 11.3 Å². The van der Waals surface area contributed by atoms with Crippen molar-refractivity contribution in [3.63, 3.8) is 0 Å². The summed E-state index contributed by atoms with van der Waals surface area (Å²) in [4.78, 5) is 7.23. The van der Waals surface area contributed by atoms with Crippen LogP contribution in [0.1, 0.15) is 24.6 Å². The van der Waals surface area contributed by atoms with Crippen LogP contribution in [0.15, 0.2) is 12.1 Å². The zero-order valence-corrected chi connectivity index (χ0v) is 13.6. The molecule has 5 nitrogen and oxygen atoms in total. The lowest BCUT2D eigenvalue weighted by atomic mass is 9.92. The average molecular weight is 305 g/mol. The highest BCUT2D eigenvalue weighted by Crippen LogP contribution is 2.27. The standard InChI is InChI=1S/C17H27N3O2/c1-12-10-20(11-16(12)22-8-7-21-2)17-6-3-13-9-14(18)4-5-15(13)19-17/h3,6,12,14,16H,4-5,7-11,18H2,1-2H3/t12-,14-,16-/m0/s1. The summed E-state index contributed by atoms with van der Waals surface area (Å²) in [5, 5.41) is 0. The van der Waals surface area contributed by atoms with E-state index in [2.05, 4.69) is 24.0 Å². The quantitative estimate of drug-likeness (QED) is 0.833.